The third-order valence-corrected chi connectivity index (χ3v) is 4.40. The predicted molar refractivity (Wildman–Crippen MR) is 100 cm³/mol. The number of nitrogens with zero attached hydrogens (tertiary/aromatic N) is 1. The highest BCUT2D eigenvalue weighted by molar-refractivity contribution is 6.21. The minimum Gasteiger partial charge on any atom is -0.326 e. The van der Waals surface area contributed by atoms with Gasteiger partial charge >= 0.3 is 0 Å². The van der Waals surface area contributed by atoms with E-state index in [1.165, 1.54) is 4.90 Å². The summed E-state index contributed by atoms with van der Waals surface area (Å²) >= 11 is 0. The molecule has 1 N–H and O–H groups in total. The summed E-state index contributed by atoms with van der Waals surface area (Å²) in [6.07, 6.45) is 0.568. The van der Waals surface area contributed by atoms with Crippen molar-refractivity contribution in [1.82, 2.24) is 4.90 Å². The monoisotopic (exact) mass is 350 g/mol. The molecule has 0 bridgehead atoms. The van der Waals surface area contributed by atoms with Crippen LogP contribution in [-0.2, 0) is 11.2 Å². The van der Waals surface area contributed by atoms with Gasteiger partial charge in [0.05, 0.1) is 11.1 Å². The Kier molecular flexibility index (Phi) is 4.64. The van der Waals surface area contributed by atoms with Gasteiger partial charge in [0, 0.05) is 17.6 Å². The van der Waals surface area contributed by atoms with Crippen LogP contribution in [0.1, 0.15) is 47.1 Å². The Morgan fingerprint density at radius 1 is 0.923 bits per heavy atom. The van der Waals surface area contributed by atoms with Gasteiger partial charge in [0.1, 0.15) is 0 Å². The van der Waals surface area contributed by atoms with Gasteiger partial charge < -0.3 is 5.32 Å². The van der Waals surface area contributed by atoms with Gasteiger partial charge in [0.2, 0.25) is 5.91 Å². The van der Waals surface area contributed by atoms with Crippen LogP contribution >= 0.6 is 0 Å². The summed E-state index contributed by atoms with van der Waals surface area (Å²) in [6.45, 7) is 5.91. The molecule has 0 atom stereocenters. The number of carbonyl (C=O) groups excluding carboxylic acids is 3. The van der Waals surface area contributed by atoms with Crippen molar-refractivity contribution >= 4 is 23.4 Å². The number of amides is 3. The van der Waals surface area contributed by atoms with Crippen molar-refractivity contribution in [3.8, 4) is 0 Å². The highest BCUT2D eigenvalue weighted by atomic mass is 16.2. The van der Waals surface area contributed by atoms with Gasteiger partial charge in [-0.25, -0.2) is 0 Å². The number of fused-ring (bicyclic) bond motifs is 1. The predicted octanol–water partition coefficient (Wildman–Crippen LogP) is 3.51. The second-order valence-corrected chi connectivity index (χ2v) is 7.46. The zero-order valence-corrected chi connectivity index (χ0v) is 15.2. The van der Waals surface area contributed by atoms with Crippen molar-refractivity contribution in [2.45, 2.75) is 27.2 Å². The molecular weight excluding hydrogens is 328 g/mol. The van der Waals surface area contributed by atoms with E-state index < -0.39 is 5.41 Å². The molecule has 2 aromatic rings. The lowest BCUT2D eigenvalue weighted by Gasteiger charge is -2.18. The van der Waals surface area contributed by atoms with Crippen LogP contribution in [0.25, 0.3) is 0 Å². The molecule has 1 heterocycles. The Hall–Kier alpha value is -2.95. The number of imide groups is 1. The van der Waals surface area contributed by atoms with Gasteiger partial charge in [-0.15, -0.1) is 0 Å². The lowest BCUT2D eigenvalue weighted by atomic mass is 9.95. The molecule has 2 aromatic carbocycles. The maximum absolute atomic E-state index is 12.4. The summed E-state index contributed by atoms with van der Waals surface area (Å²) in [4.78, 5) is 38.0. The highest BCUT2D eigenvalue weighted by Crippen LogP contribution is 2.23. The molecule has 0 saturated heterocycles. The van der Waals surface area contributed by atoms with Gasteiger partial charge in [0.15, 0.2) is 0 Å². The van der Waals surface area contributed by atoms with Crippen LogP contribution in [0, 0.1) is 5.41 Å². The molecule has 0 spiro atoms. The minimum atomic E-state index is -0.454. The van der Waals surface area contributed by atoms with E-state index in [0.29, 0.717) is 24.1 Å². The molecule has 0 aromatic heterocycles. The fourth-order valence-electron chi connectivity index (χ4n) is 2.76. The van der Waals surface area contributed by atoms with E-state index in [1.54, 1.807) is 24.3 Å². The molecule has 5 heteroatoms. The fourth-order valence-corrected chi connectivity index (χ4v) is 2.76. The number of anilines is 1. The summed E-state index contributed by atoms with van der Waals surface area (Å²) in [5.41, 5.74) is 2.21. The number of carbonyl (C=O) groups is 3. The molecule has 0 saturated carbocycles. The Morgan fingerprint density at radius 3 is 1.96 bits per heavy atom. The number of nitrogens with one attached hydrogen (secondary N) is 1. The second kappa shape index (κ2) is 6.75. The topological polar surface area (TPSA) is 66.5 Å². The van der Waals surface area contributed by atoms with E-state index in [4.69, 9.17) is 0 Å². The van der Waals surface area contributed by atoms with E-state index in [0.717, 1.165) is 11.3 Å². The lowest BCUT2D eigenvalue weighted by Crippen LogP contribution is -2.31. The maximum atomic E-state index is 12.4. The zero-order valence-electron chi connectivity index (χ0n) is 15.2. The summed E-state index contributed by atoms with van der Waals surface area (Å²) in [7, 11) is 0. The van der Waals surface area contributed by atoms with E-state index in [1.807, 2.05) is 45.0 Å². The van der Waals surface area contributed by atoms with Crippen molar-refractivity contribution in [3.05, 3.63) is 65.2 Å². The van der Waals surface area contributed by atoms with E-state index >= 15 is 0 Å². The standard InChI is InChI=1S/C21H22N2O3/c1-21(2,3)20(26)22-15-10-8-14(9-11-15)12-13-23-18(24)16-6-4-5-7-17(16)19(23)25/h4-11H,12-13H2,1-3H3,(H,22,26). The van der Waals surface area contributed by atoms with Crippen LogP contribution in [0.3, 0.4) is 0 Å². The smallest absolute Gasteiger partial charge is 0.261 e. The first-order chi connectivity index (χ1) is 12.3. The quantitative estimate of drug-likeness (QED) is 0.858. The van der Waals surface area contributed by atoms with Gasteiger partial charge in [-0.05, 0) is 36.2 Å². The minimum absolute atomic E-state index is 0.0451. The fraction of sp³-hybridized carbons (Fsp3) is 0.286. The lowest BCUT2D eigenvalue weighted by molar-refractivity contribution is -0.123. The highest BCUT2D eigenvalue weighted by Gasteiger charge is 2.34. The Labute approximate surface area is 153 Å². The maximum Gasteiger partial charge on any atom is 0.261 e. The van der Waals surface area contributed by atoms with Crippen LogP contribution < -0.4 is 5.32 Å². The molecule has 26 heavy (non-hydrogen) atoms. The largest absolute Gasteiger partial charge is 0.326 e. The summed E-state index contributed by atoms with van der Waals surface area (Å²) < 4.78 is 0. The van der Waals surface area contributed by atoms with Crippen molar-refractivity contribution in [2.75, 3.05) is 11.9 Å². The number of rotatable bonds is 4. The average molecular weight is 350 g/mol. The van der Waals surface area contributed by atoms with Crippen molar-refractivity contribution in [1.29, 1.82) is 0 Å². The molecule has 1 aliphatic heterocycles. The third-order valence-electron chi connectivity index (χ3n) is 4.40. The third kappa shape index (κ3) is 3.52. The molecule has 0 radical (unpaired) electrons. The molecule has 3 amide bonds. The summed E-state index contributed by atoms with van der Waals surface area (Å²) in [5, 5.41) is 2.87. The van der Waals surface area contributed by atoms with Crippen LogP contribution in [0.15, 0.2) is 48.5 Å². The molecule has 3 rings (SSSR count). The first-order valence-electron chi connectivity index (χ1n) is 8.63. The molecule has 134 valence electrons. The van der Waals surface area contributed by atoms with Crippen molar-refractivity contribution in [3.63, 3.8) is 0 Å². The first kappa shape index (κ1) is 17.9. The van der Waals surface area contributed by atoms with Crippen molar-refractivity contribution < 1.29 is 14.4 Å². The molecule has 0 fully saturated rings. The van der Waals surface area contributed by atoms with Crippen LogP contribution in [0.5, 0.6) is 0 Å². The Bertz CT molecular complexity index is 829. The molecule has 0 aliphatic carbocycles. The number of hydrogen-bond donors (Lipinski definition) is 1. The van der Waals surface area contributed by atoms with Gasteiger partial charge in [-0.3, -0.25) is 19.3 Å². The van der Waals surface area contributed by atoms with Gasteiger partial charge in [0.25, 0.3) is 11.8 Å². The summed E-state index contributed by atoms with van der Waals surface area (Å²) in [5.74, 6) is -0.518. The van der Waals surface area contributed by atoms with Crippen LogP contribution in [0.2, 0.25) is 0 Å². The normalized spacial score (nSPS) is 13.7. The molecule has 0 unspecified atom stereocenters. The van der Waals surface area contributed by atoms with E-state index in [9.17, 15) is 14.4 Å². The SMILES string of the molecule is CC(C)(C)C(=O)Nc1ccc(CCN2C(=O)c3ccccc3C2=O)cc1. The summed E-state index contributed by atoms with van der Waals surface area (Å²) in [6, 6.07) is 14.4. The van der Waals surface area contributed by atoms with Crippen LogP contribution in [0.4, 0.5) is 5.69 Å². The first-order valence-corrected chi connectivity index (χ1v) is 8.63. The van der Waals surface area contributed by atoms with Crippen LogP contribution in [-0.4, -0.2) is 29.2 Å². The van der Waals surface area contributed by atoms with Crippen molar-refractivity contribution in [2.24, 2.45) is 5.41 Å². The van der Waals surface area contributed by atoms with Gasteiger partial charge in [-0.2, -0.15) is 0 Å². The second-order valence-electron chi connectivity index (χ2n) is 7.46. The number of hydrogen-bond acceptors (Lipinski definition) is 3. The molecule has 1 aliphatic rings. The average Bonchev–Trinajstić information content (AvgIpc) is 2.85. The molecule has 5 nitrogen and oxygen atoms in total. The van der Waals surface area contributed by atoms with E-state index in [2.05, 4.69) is 5.32 Å². The number of benzene rings is 2. The van der Waals surface area contributed by atoms with Gasteiger partial charge in [-0.1, -0.05) is 45.0 Å². The Balaban J connectivity index is 1.62. The Morgan fingerprint density at radius 2 is 1.46 bits per heavy atom. The zero-order chi connectivity index (χ0) is 18.9. The van der Waals surface area contributed by atoms with E-state index in [-0.39, 0.29) is 17.7 Å². The molecular formula is C21H22N2O3.